The van der Waals surface area contributed by atoms with Crippen LogP contribution in [0.2, 0.25) is 10.3 Å². The Morgan fingerprint density at radius 2 is 1.53 bits per heavy atom. The minimum atomic E-state index is -0.0476. The van der Waals surface area contributed by atoms with Gasteiger partial charge in [0, 0.05) is 18.7 Å². The number of carbonyl (C=O) groups is 1. The molecule has 5 heteroatoms. The van der Waals surface area contributed by atoms with E-state index in [2.05, 4.69) is 32.7 Å². The maximum atomic E-state index is 12.5. The Hall–Kier alpha value is -0.800. The van der Waals surface area contributed by atoms with Crippen molar-refractivity contribution < 1.29 is 4.79 Å². The second kappa shape index (κ2) is 7.11. The zero-order valence-electron chi connectivity index (χ0n) is 11.8. The molecule has 1 aromatic heterocycles. The van der Waals surface area contributed by atoms with Gasteiger partial charge < -0.3 is 4.90 Å². The van der Waals surface area contributed by atoms with Crippen LogP contribution in [0.3, 0.4) is 0 Å². The van der Waals surface area contributed by atoms with E-state index in [0.717, 1.165) is 0 Å². The second-order valence-corrected chi connectivity index (χ2v) is 6.27. The van der Waals surface area contributed by atoms with Gasteiger partial charge in [0.1, 0.15) is 10.3 Å². The predicted molar refractivity (Wildman–Crippen MR) is 79.8 cm³/mol. The van der Waals surface area contributed by atoms with Gasteiger partial charge in [-0.05, 0) is 24.0 Å². The van der Waals surface area contributed by atoms with E-state index in [-0.39, 0.29) is 16.2 Å². The van der Waals surface area contributed by atoms with Gasteiger partial charge in [-0.2, -0.15) is 0 Å². The fourth-order valence-electron chi connectivity index (χ4n) is 1.89. The molecule has 0 aliphatic carbocycles. The van der Waals surface area contributed by atoms with Gasteiger partial charge in [-0.3, -0.25) is 4.79 Å². The maximum Gasteiger partial charge on any atom is 0.254 e. The summed E-state index contributed by atoms with van der Waals surface area (Å²) in [6.07, 6.45) is 0. The van der Waals surface area contributed by atoms with E-state index in [0.29, 0.717) is 30.5 Å². The van der Waals surface area contributed by atoms with E-state index in [1.807, 2.05) is 4.90 Å². The third-order valence-electron chi connectivity index (χ3n) is 2.47. The summed E-state index contributed by atoms with van der Waals surface area (Å²) in [7, 11) is 0. The lowest BCUT2D eigenvalue weighted by atomic mass is 10.1. The molecule has 1 heterocycles. The molecule has 0 aliphatic rings. The van der Waals surface area contributed by atoms with Crippen LogP contribution in [-0.4, -0.2) is 28.9 Å². The zero-order valence-corrected chi connectivity index (χ0v) is 13.3. The molecule has 106 valence electrons. The van der Waals surface area contributed by atoms with Crippen molar-refractivity contribution in [2.75, 3.05) is 13.1 Å². The topological polar surface area (TPSA) is 33.2 Å². The summed E-state index contributed by atoms with van der Waals surface area (Å²) in [5, 5.41) is 0.481. The Morgan fingerprint density at radius 3 is 1.89 bits per heavy atom. The Kier molecular flexibility index (Phi) is 6.08. The molecular weight excluding hydrogens is 283 g/mol. The number of nitrogens with zero attached hydrogens (tertiary/aromatic N) is 2. The number of amides is 1. The summed E-state index contributed by atoms with van der Waals surface area (Å²) in [5.41, 5.74) is 0.492. The number of hydrogen-bond donors (Lipinski definition) is 0. The number of halogens is 2. The summed E-state index contributed by atoms with van der Waals surface area (Å²) in [6, 6.07) is 3.12. The lowest BCUT2D eigenvalue weighted by Gasteiger charge is -2.26. The van der Waals surface area contributed by atoms with Gasteiger partial charge in [0.2, 0.25) is 0 Å². The van der Waals surface area contributed by atoms with Crippen LogP contribution < -0.4 is 0 Å². The maximum absolute atomic E-state index is 12.5. The van der Waals surface area contributed by atoms with Crippen LogP contribution in [0, 0.1) is 11.8 Å². The normalized spacial score (nSPS) is 11.2. The SMILES string of the molecule is CC(C)CN(CC(C)C)C(=O)c1cc(Cl)nc(Cl)c1. The van der Waals surface area contributed by atoms with Gasteiger partial charge in [-0.25, -0.2) is 4.98 Å². The van der Waals surface area contributed by atoms with Crippen molar-refractivity contribution in [1.29, 1.82) is 0 Å². The molecule has 1 amide bonds. The molecule has 0 saturated carbocycles. The largest absolute Gasteiger partial charge is 0.338 e. The van der Waals surface area contributed by atoms with E-state index in [4.69, 9.17) is 23.2 Å². The first-order valence-electron chi connectivity index (χ1n) is 6.42. The summed E-state index contributed by atoms with van der Waals surface area (Å²) >= 11 is 11.7. The van der Waals surface area contributed by atoms with E-state index in [1.54, 1.807) is 12.1 Å². The second-order valence-electron chi connectivity index (χ2n) is 5.50. The molecule has 0 radical (unpaired) electrons. The highest BCUT2D eigenvalue weighted by atomic mass is 35.5. The number of carbonyl (C=O) groups excluding carboxylic acids is 1. The molecule has 1 aromatic rings. The van der Waals surface area contributed by atoms with E-state index >= 15 is 0 Å². The Labute approximate surface area is 124 Å². The van der Waals surface area contributed by atoms with Crippen molar-refractivity contribution in [2.45, 2.75) is 27.7 Å². The third kappa shape index (κ3) is 5.37. The van der Waals surface area contributed by atoms with Gasteiger partial charge >= 0.3 is 0 Å². The summed E-state index contributed by atoms with van der Waals surface area (Å²) in [6.45, 7) is 9.80. The third-order valence-corrected chi connectivity index (χ3v) is 2.86. The number of aromatic nitrogens is 1. The highest BCUT2D eigenvalue weighted by Gasteiger charge is 2.19. The molecule has 0 N–H and O–H groups in total. The first-order valence-corrected chi connectivity index (χ1v) is 7.17. The summed E-state index contributed by atoms with van der Waals surface area (Å²) in [5.74, 6) is 0.777. The predicted octanol–water partition coefficient (Wildman–Crippen LogP) is 4.14. The highest BCUT2D eigenvalue weighted by Crippen LogP contribution is 2.17. The van der Waals surface area contributed by atoms with Crippen LogP contribution in [-0.2, 0) is 0 Å². The number of rotatable bonds is 5. The monoisotopic (exact) mass is 302 g/mol. The van der Waals surface area contributed by atoms with Gasteiger partial charge in [0.15, 0.2) is 0 Å². The van der Waals surface area contributed by atoms with Gasteiger partial charge in [-0.15, -0.1) is 0 Å². The molecule has 0 aromatic carbocycles. The Balaban J connectivity index is 2.97. The molecule has 19 heavy (non-hydrogen) atoms. The average Bonchev–Trinajstić information content (AvgIpc) is 2.24. The van der Waals surface area contributed by atoms with Gasteiger partial charge in [0.05, 0.1) is 0 Å². The fraction of sp³-hybridized carbons (Fsp3) is 0.571. The molecule has 0 unspecified atom stereocenters. The van der Waals surface area contributed by atoms with Gasteiger partial charge in [-0.1, -0.05) is 50.9 Å². The average molecular weight is 303 g/mol. The van der Waals surface area contributed by atoms with Crippen molar-refractivity contribution >= 4 is 29.1 Å². The summed E-state index contributed by atoms with van der Waals surface area (Å²) in [4.78, 5) is 18.2. The minimum Gasteiger partial charge on any atom is -0.338 e. The Morgan fingerprint density at radius 1 is 1.11 bits per heavy atom. The Bertz CT molecular complexity index is 417. The molecule has 3 nitrogen and oxygen atoms in total. The first-order chi connectivity index (χ1) is 8.79. The molecular formula is C14H20Cl2N2O. The molecule has 0 fully saturated rings. The van der Waals surface area contributed by atoms with Crippen molar-refractivity contribution in [3.8, 4) is 0 Å². The van der Waals surface area contributed by atoms with Crippen molar-refractivity contribution in [1.82, 2.24) is 9.88 Å². The minimum absolute atomic E-state index is 0.0476. The van der Waals surface area contributed by atoms with Crippen LogP contribution in [0.4, 0.5) is 0 Å². The van der Waals surface area contributed by atoms with Crippen LogP contribution in [0.1, 0.15) is 38.1 Å². The van der Waals surface area contributed by atoms with Crippen LogP contribution in [0.5, 0.6) is 0 Å². The first kappa shape index (κ1) is 16.3. The lowest BCUT2D eigenvalue weighted by Crippen LogP contribution is -2.37. The lowest BCUT2D eigenvalue weighted by molar-refractivity contribution is 0.0715. The van der Waals surface area contributed by atoms with Crippen LogP contribution >= 0.6 is 23.2 Å². The molecule has 0 spiro atoms. The van der Waals surface area contributed by atoms with Crippen LogP contribution in [0.25, 0.3) is 0 Å². The standard InChI is InChI=1S/C14H20Cl2N2O/c1-9(2)7-18(8-10(3)4)14(19)11-5-12(15)17-13(16)6-11/h5-6,9-10H,7-8H2,1-4H3. The quantitative estimate of drug-likeness (QED) is 0.766. The van der Waals surface area contributed by atoms with Crippen molar-refractivity contribution in [3.63, 3.8) is 0 Å². The fourth-order valence-corrected chi connectivity index (χ4v) is 2.35. The van der Waals surface area contributed by atoms with E-state index in [9.17, 15) is 4.79 Å². The van der Waals surface area contributed by atoms with Crippen LogP contribution in [0.15, 0.2) is 12.1 Å². The van der Waals surface area contributed by atoms with E-state index in [1.165, 1.54) is 0 Å². The van der Waals surface area contributed by atoms with Crippen molar-refractivity contribution in [2.24, 2.45) is 11.8 Å². The highest BCUT2D eigenvalue weighted by molar-refractivity contribution is 6.33. The number of hydrogen-bond acceptors (Lipinski definition) is 2. The smallest absolute Gasteiger partial charge is 0.254 e. The summed E-state index contributed by atoms with van der Waals surface area (Å²) < 4.78 is 0. The van der Waals surface area contributed by atoms with Crippen molar-refractivity contribution in [3.05, 3.63) is 28.0 Å². The molecule has 1 rings (SSSR count). The van der Waals surface area contributed by atoms with Gasteiger partial charge in [0.25, 0.3) is 5.91 Å². The zero-order chi connectivity index (χ0) is 14.6. The molecule has 0 atom stereocenters. The number of pyridine rings is 1. The molecule has 0 saturated heterocycles. The molecule has 0 bridgehead atoms. The molecule has 0 aliphatic heterocycles. The van der Waals surface area contributed by atoms with E-state index < -0.39 is 0 Å².